The lowest BCUT2D eigenvalue weighted by Crippen LogP contribution is -2.07. The largest absolute Gasteiger partial charge is 0.507 e. The number of benzene rings is 3. The van der Waals surface area contributed by atoms with Gasteiger partial charge in [0.15, 0.2) is 0 Å². The van der Waals surface area contributed by atoms with Crippen LogP contribution < -0.4 is 14.9 Å². The molecule has 0 saturated carbocycles. The van der Waals surface area contributed by atoms with Gasteiger partial charge in [-0.3, -0.25) is 4.79 Å². The molecular weight excluding hydrogens is 380 g/mol. The predicted molar refractivity (Wildman–Crippen MR) is 116 cm³/mol. The number of phenols is 1. The molecule has 0 aliphatic rings. The Labute approximate surface area is 174 Å². The molecule has 1 N–H and O–H groups in total. The van der Waals surface area contributed by atoms with E-state index in [0.29, 0.717) is 23.5 Å². The van der Waals surface area contributed by atoms with Crippen molar-refractivity contribution in [1.82, 2.24) is 0 Å². The molecule has 0 atom stereocenters. The summed E-state index contributed by atoms with van der Waals surface area (Å²) in [5, 5.41) is 10.6. The number of aromatic hydroxyl groups is 1. The molecule has 0 saturated heterocycles. The van der Waals surface area contributed by atoms with Gasteiger partial charge in [0.2, 0.25) is 5.43 Å². The third-order valence-corrected chi connectivity index (χ3v) is 4.62. The van der Waals surface area contributed by atoms with Gasteiger partial charge in [0, 0.05) is 12.1 Å². The lowest BCUT2D eigenvalue weighted by atomic mass is 10.0. The van der Waals surface area contributed by atoms with Gasteiger partial charge in [-0.25, -0.2) is 0 Å². The van der Waals surface area contributed by atoms with Crippen molar-refractivity contribution in [3.05, 3.63) is 88.8 Å². The van der Waals surface area contributed by atoms with Crippen molar-refractivity contribution in [2.24, 2.45) is 0 Å². The molecule has 152 valence electrons. The van der Waals surface area contributed by atoms with Crippen molar-refractivity contribution in [3.8, 4) is 28.4 Å². The van der Waals surface area contributed by atoms with Gasteiger partial charge in [-0.1, -0.05) is 42.5 Å². The second-order valence-corrected chi connectivity index (χ2v) is 7.26. The zero-order valence-electron chi connectivity index (χ0n) is 16.8. The van der Waals surface area contributed by atoms with Gasteiger partial charge in [-0.15, -0.1) is 0 Å². The average Bonchev–Trinajstić information content (AvgIpc) is 2.73. The van der Waals surface area contributed by atoms with E-state index in [1.54, 1.807) is 30.3 Å². The third kappa shape index (κ3) is 4.15. The normalized spacial score (nSPS) is 11.0. The highest BCUT2D eigenvalue weighted by Crippen LogP contribution is 2.31. The average molecular weight is 402 g/mol. The van der Waals surface area contributed by atoms with Crippen molar-refractivity contribution >= 4 is 11.0 Å². The van der Waals surface area contributed by atoms with Crippen LogP contribution in [-0.4, -0.2) is 11.2 Å². The van der Waals surface area contributed by atoms with Gasteiger partial charge in [0.25, 0.3) is 0 Å². The standard InChI is InChI=1S/C25H22O5/c1-16(2)30-19-10-8-18(9-11-19)21-15-29-23-13-20(12-22(26)24(23)25(21)27)28-14-17-6-4-3-5-7-17/h3-13,15-16,26H,14H2,1-2H3. The van der Waals surface area contributed by atoms with Crippen molar-refractivity contribution in [2.45, 2.75) is 26.6 Å². The second-order valence-electron chi connectivity index (χ2n) is 7.26. The van der Waals surface area contributed by atoms with Crippen molar-refractivity contribution in [2.75, 3.05) is 0 Å². The summed E-state index contributed by atoms with van der Waals surface area (Å²) in [6.45, 7) is 4.25. The topological polar surface area (TPSA) is 68.9 Å². The van der Waals surface area contributed by atoms with Crippen LogP contribution in [0.2, 0.25) is 0 Å². The summed E-state index contributed by atoms with van der Waals surface area (Å²) in [5.74, 6) is 0.975. The molecule has 0 aliphatic carbocycles. The zero-order valence-corrected chi connectivity index (χ0v) is 16.8. The van der Waals surface area contributed by atoms with E-state index in [9.17, 15) is 9.90 Å². The fourth-order valence-electron chi connectivity index (χ4n) is 3.22. The van der Waals surface area contributed by atoms with Crippen LogP contribution in [0.3, 0.4) is 0 Å². The van der Waals surface area contributed by atoms with E-state index < -0.39 is 0 Å². The molecule has 0 bridgehead atoms. The van der Waals surface area contributed by atoms with Crippen molar-refractivity contribution in [1.29, 1.82) is 0 Å². The number of hydrogen-bond acceptors (Lipinski definition) is 5. The van der Waals surface area contributed by atoms with Crippen LogP contribution in [0.25, 0.3) is 22.1 Å². The van der Waals surface area contributed by atoms with Gasteiger partial charge >= 0.3 is 0 Å². The van der Waals surface area contributed by atoms with E-state index in [1.807, 2.05) is 44.2 Å². The monoisotopic (exact) mass is 402 g/mol. The molecule has 0 radical (unpaired) electrons. The molecule has 1 aromatic heterocycles. The summed E-state index contributed by atoms with van der Waals surface area (Å²) in [4.78, 5) is 13.0. The Morgan fingerprint density at radius 1 is 0.967 bits per heavy atom. The lowest BCUT2D eigenvalue weighted by Gasteiger charge is -2.11. The Bertz CT molecular complexity index is 1210. The van der Waals surface area contributed by atoms with E-state index in [-0.39, 0.29) is 28.3 Å². The third-order valence-electron chi connectivity index (χ3n) is 4.62. The number of rotatable bonds is 6. The number of fused-ring (bicyclic) bond motifs is 1. The summed E-state index contributed by atoms with van der Waals surface area (Å²) in [6, 6.07) is 19.9. The zero-order chi connectivity index (χ0) is 21.1. The summed E-state index contributed by atoms with van der Waals surface area (Å²) < 4.78 is 17.1. The van der Waals surface area contributed by atoms with E-state index in [1.165, 1.54) is 12.3 Å². The molecular formula is C25H22O5. The van der Waals surface area contributed by atoms with Crippen molar-refractivity contribution < 1.29 is 19.0 Å². The molecule has 0 unspecified atom stereocenters. The van der Waals surface area contributed by atoms with Gasteiger partial charge in [0.05, 0.1) is 11.7 Å². The highest BCUT2D eigenvalue weighted by Gasteiger charge is 2.15. The fraction of sp³-hybridized carbons (Fsp3) is 0.160. The molecule has 5 heteroatoms. The van der Waals surface area contributed by atoms with E-state index in [2.05, 4.69) is 0 Å². The number of hydrogen-bond donors (Lipinski definition) is 1. The van der Waals surface area contributed by atoms with Crippen LogP contribution in [-0.2, 0) is 6.61 Å². The maximum atomic E-state index is 13.0. The predicted octanol–water partition coefficient (Wildman–Crippen LogP) is 5.53. The molecule has 4 rings (SSSR count). The fourth-order valence-corrected chi connectivity index (χ4v) is 3.22. The molecule has 0 amide bonds. The molecule has 4 aromatic rings. The van der Waals surface area contributed by atoms with E-state index in [0.717, 1.165) is 11.3 Å². The summed E-state index contributed by atoms with van der Waals surface area (Å²) >= 11 is 0. The minimum atomic E-state index is -0.305. The lowest BCUT2D eigenvalue weighted by molar-refractivity contribution is 0.242. The van der Waals surface area contributed by atoms with Gasteiger partial charge in [-0.05, 0) is 37.1 Å². The molecule has 5 nitrogen and oxygen atoms in total. The van der Waals surface area contributed by atoms with Crippen LogP contribution in [0, 0.1) is 0 Å². The summed E-state index contributed by atoms with van der Waals surface area (Å²) in [6.07, 6.45) is 1.47. The highest BCUT2D eigenvalue weighted by atomic mass is 16.5. The van der Waals surface area contributed by atoms with E-state index in [4.69, 9.17) is 13.9 Å². The Hall–Kier alpha value is -3.73. The Balaban J connectivity index is 1.64. The molecule has 0 aliphatic heterocycles. The maximum absolute atomic E-state index is 13.0. The molecule has 3 aromatic carbocycles. The SMILES string of the molecule is CC(C)Oc1ccc(-c2coc3cc(OCc4ccccc4)cc(O)c3c2=O)cc1. The quantitative estimate of drug-likeness (QED) is 0.459. The first-order chi connectivity index (χ1) is 14.5. The summed E-state index contributed by atoms with van der Waals surface area (Å²) in [5.41, 5.74) is 2.02. The Morgan fingerprint density at radius 2 is 1.70 bits per heavy atom. The molecule has 30 heavy (non-hydrogen) atoms. The van der Waals surface area contributed by atoms with Crippen molar-refractivity contribution in [3.63, 3.8) is 0 Å². The first kappa shape index (κ1) is 19.6. The van der Waals surface area contributed by atoms with Crippen LogP contribution in [0.1, 0.15) is 19.4 Å². The van der Waals surface area contributed by atoms with Gasteiger partial charge in [-0.2, -0.15) is 0 Å². The first-order valence-electron chi connectivity index (χ1n) is 9.73. The Morgan fingerprint density at radius 3 is 2.40 bits per heavy atom. The maximum Gasteiger partial charge on any atom is 0.204 e. The van der Waals surface area contributed by atoms with Crippen LogP contribution >= 0.6 is 0 Å². The number of phenolic OH excluding ortho intramolecular Hbond substituents is 1. The van der Waals surface area contributed by atoms with Crippen LogP contribution in [0.15, 0.2) is 82.2 Å². The molecule has 0 fully saturated rings. The highest BCUT2D eigenvalue weighted by molar-refractivity contribution is 5.88. The minimum Gasteiger partial charge on any atom is -0.507 e. The smallest absolute Gasteiger partial charge is 0.204 e. The molecule has 1 heterocycles. The second kappa shape index (κ2) is 8.33. The number of ether oxygens (including phenoxy) is 2. The first-order valence-corrected chi connectivity index (χ1v) is 9.73. The van der Waals surface area contributed by atoms with Gasteiger partial charge in [0.1, 0.15) is 41.1 Å². The van der Waals surface area contributed by atoms with Crippen LogP contribution in [0.5, 0.6) is 17.2 Å². The van der Waals surface area contributed by atoms with E-state index >= 15 is 0 Å². The van der Waals surface area contributed by atoms with Gasteiger partial charge < -0.3 is 19.0 Å². The Kier molecular flexibility index (Phi) is 5.44. The molecule has 0 spiro atoms. The summed E-state index contributed by atoms with van der Waals surface area (Å²) in [7, 11) is 0. The van der Waals surface area contributed by atoms with Crippen LogP contribution in [0.4, 0.5) is 0 Å². The minimum absolute atomic E-state index is 0.0665.